The van der Waals surface area contributed by atoms with Gasteiger partial charge in [-0.15, -0.1) is 0 Å². The van der Waals surface area contributed by atoms with Crippen molar-refractivity contribution in [2.24, 2.45) is 0 Å². The molecule has 0 fully saturated rings. The van der Waals surface area contributed by atoms with Crippen molar-refractivity contribution in [3.8, 4) is 11.5 Å². The highest BCUT2D eigenvalue weighted by molar-refractivity contribution is 6.03. The first-order valence-electron chi connectivity index (χ1n) is 6.53. The minimum atomic E-state index is -0.212. The van der Waals surface area contributed by atoms with Gasteiger partial charge in [0.1, 0.15) is 0 Å². The van der Waals surface area contributed by atoms with Crippen LogP contribution in [0.15, 0.2) is 66.4 Å². The Balaban J connectivity index is 2.02. The topological polar surface area (TPSA) is 47.6 Å². The Morgan fingerprint density at radius 1 is 1.00 bits per heavy atom. The molecule has 0 aromatic heterocycles. The Hall–Kier alpha value is -2.75. The highest BCUT2D eigenvalue weighted by Gasteiger charge is 2.06. The van der Waals surface area contributed by atoms with Crippen molar-refractivity contribution >= 4 is 11.6 Å². The SMILES string of the molecule is COc1ccccc1O/C=C(\C)C(=O)Nc1ccccc1. The molecule has 0 aliphatic heterocycles. The Kier molecular flexibility index (Phi) is 4.99. The van der Waals surface area contributed by atoms with Gasteiger partial charge >= 0.3 is 0 Å². The maximum Gasteiger partial charge on any atom is 0.254 e. The standard InChI is InChI=1S/C17H17NO3/c1-13(17(19)18-14-8-4-3-5-9-14)12-21-16-11-7-6-10-15(16)20-2/h3-12H,1-2H3,(H,18,19)/b13-12+. The molecule has 0 spiro atoms. The molecule has 1 amide bonds. The lowest BCUT2D eigenvalue weighted by molar-refractivity contribution is -0.112. The number of amides is 1. The summed E-state index contributed by atoms with van der Waals surface area (Å²) in [6, 6.07) is 16.5. The van der Waals surface area contributed by atoms with E-state index in [1.165, 1.54) is 6.26 Å². The molecule has 0 unspecified atom stereocenters. The minimum absolute atomic E-state index is 0.212. The van der Waals surface area contributed by atoms with Crippen molar-refractivity contribution in [2.75, 3.05) is 12.4 Å². The molecule has 1 N–H and O–H groups in total. The van der Waals surface area contributed by atoms with Crippen LogP contribution in [0, 0.1) is 0 Å². The Labute approximate surface area is 124 Å². The normalized spacial score (nSPS) is 10.9. The summed E-state index contributed by atoms with van der Waals surface area (Å²) in [5, 5.41) is 2.79. The molecule has 0 saturated carbocycles. The number of methoxy groups -OCH3 is 1. The molecule has 0 bridgehead atoms. The molecule has 4 heteroatoms. The van der Waals surface area contributed by atoms with Crippen LogP contribution in [0.4, 0.5) is 5.69 Å². The van der Waals surface area contributed by atoms with Gasteiger partial charge in [0.15, 0.2) is 11.5 Å². The number of carbonyl (C=O) groups excluding carboxylic acids is 1. The molecule has 0 aliphatic carbocycles. The number of benzene rings is 2. The molecular weight excluding hydrogens is 266 g/mol. The second-order valence-electron chi connectivity index (χ2n) is 4.39. The van der Waals surface area contributed by atoms with E-state index < -0.39 is 0 Å². The number of rotatable bonds is 5. The highest BCUT2D eigenvalue weighted by atomic mass is 16.5. The summed E-state index contributed by atoms with van der Waals surface area (Å²) in [6.45, 7) is 1.69. The smallest absolute Gasteiger partial charge is 0.254 e. The highest BCUT2D eigenvalue weighted by Crippen LogP contribution is 2.26. The lowest BCUT2D eigenvalue weighted by Gasteiger charge is -2.08. The van der Waals surface area contributed by atoms with Crippen LogP contribution in [-0.2, 0) is 4.79 Å². The summed E-state index contributed by atoms with van der Waals surface area (Å²) in [4.78, 5) is 12.0. The van der Waals surface area contributed by atoms with Crippen LogP contribution in [0.1, 0.15) is 6.92 Å². The van der Waals surface area contributed by atoms with Crippen molar-refractivity contribution in [3.63, 3.8) is 0 Å². The van der Waals surface area contributed by atoms with E-state index in [0.717, 1.165) is 5.69 Å². The fraction of sp³-hybridized carbons (Fsp3) is 0.118. The van der Waals surface area contributed by atoms with E-state index in [9.17, 15) is 4.79 Å². The van der Waals surface area contributed by atoms with Crippen LogP contribution < -0.4 is 14.8 Å². The van der Waals surface area contributed by atoms with Crippen molar-refractivity contribution in [1.82, 2.24) is 0 Å². The lowest BCUT2D eigenvalue weighted by atomic mass is 10.2. The first kappa shape index (κ1) is 14.7. The molecule has 0 heterocycles. The predicted molar refractivity (Wildman–Crippen MR) is 82.5 cm³/mol. The number of nitrogens with one attached hydrogen (secondary N) is 1. The van der Waals surface area contributed by atoms with E-state index in [2.05, 4.69) is 5.32 Å². The van der Waals surface area contributed by atoms with Crippen LogP contribution in [0.3, 0.4) is 0 Å². The van der Waals surface area contributed by atoms with Crippen LogP contribution in [0.5, 0.6) is 11.5 Å². The Morgan fingerprint density at radius 3 is 2.29 bits per heavy atom. The summed E-state index contributed by atoms with van der Waals surface area (Å²) >= 11 is 0. The third-order valence-corrected chi connectivity index (χ3v) is 2.82. The number of ether oxygens (including phenoxy) is 2. The number of hydrogen-bond donors (Lipinski definition) is 1. The molecule has 2 aromatic rings. The third kappa shape index (κ3) is 4.11. The first-order valence-corrected chi connectivity index (χ1v) is 6.53. The number of para-hydroxylation sites is 3. The van der Waals surface area contributed by atoms with Crippen molar-refractivity contribution in [1.29, 1.82) is 0 Å². The Morgan fingerprint density at radius 2 is 1.62 bits per heavy atom. The van der Waals surface area contributed by atoms with E-state index in [1.54, 1.807) is 26.2 Å². The van der Waals surface area contributed by atoms with E-state index in [0.29, 0.717) is 17.1 Å². The molecule has 0 aliphatic rings. The largest absolute Gasteiger partial charge is 0.493 e. The van der Waals surface area contributed by atoms with Gasteiger partial charge in [-0.3, -0.25) is 4.79 Å². The van der Waals surface area contributed by atoms with Crippen LogP contribution in [0.25, 0.3) is 0 Å². The zero-order chi connectivity index (χ0) is 15.1. The van der Waals surface area contributed by atoms with E-state index in [1.807, 2.05) is 42.5 Å². The minimum Gasteiger partial charge on any atom is -0.493 e. The zero-order valence-corrected chi connectivity index (χ0v) is 12.0. The lowest BCUT2D eigenvalue weighted by Crippen LogP contribution is -2.13. The Bertz CT molecular complexity index is 635. The van der Waals surface area contributed by atoms with E-state index >= 15 is 0 Å². The summed E-state index contributed by atoms with van der Waals surface area (Å²) < 4.78 is 10.7. The van der Waals surface area contributed by atoms with Crippen molar-refractivity contribution < 1.29 is 14.3 Å². The van der Waals surface area contributed by atoms with Crippen LogP contribution >= 0.6 is 0 Å². The quantitative estimate of drug-likeness (QED) is 0.673. The van der Waals surface area contributed by atoms with Gasteiger partial charge in [0, 0.05) is 11.3 Å². The van der Waals surface area contributed by atoms with Gasteiger partial charge in [0.05, 0.1) is 13.4 Å². The van der Waals surface area contributed by atoms with Crippen molar-refractivity contribution in [2.45, 2.75) is 6.92 Å². The molecule has 2 aromatic carbocycles. The van der Waals surface area contributed by atoms with Crippen molar-refractivity contribution in [3.05, 3.63) is 66.4 Å². The summed E-state index contributed by atoms with van der Waals surface area (Å²) in [6.07, 6.45) is 1.41. The van der Waals surface area contributed by atoms with Gasteiger partial charge < -0.3 is 14.8 Å². The molecule has 108 valence electrons. The van der Waals surface area contributed by atoms with Gasteiger partial charge in [-0.2, -0.15) is 0 Å². The number of carbonyl (C=O) groups is 1. The molecule has 2 rings (SSSR count). The predicted octanol–water partition coefficient (Wildman–Crippen LogP) is 3.62. The molecule has 0 saturated heterocycles. The first-order chi connectivity index (χ1) is 10.2. The third-order valence-electron chi connectivity index (χ3n) is 2.82. The van der Waals surface area contributed by atoms with Crippen LogP contribution in [-0.4, -0.2) is 13.0 Å². The van der Waals surface area contributed by atoms with Gasteiger partial charge in [-0.25, -0.2) is 0 Å². The second kappa shape index (κ2) is 7.14. The zero-order valence-electron chi connectivity index (χ0n) is 12.0. The summed E-state index contributed by atoms with van der Waals surface area (Å²) in [5.41, 5.74) is 1.21. The molecular formula is C17H17NO3. The maximum atomic E-state index is 12.0. The second-order valence-corrected chi connectivity index (χ2v) is 4.39. The van der Waals surface area contributed by atoms with E-state index in [4.69, 9.17) is 9.47 Å². The van der Waals surface area contributed by atoms with Gasteiger partial charge in [-0.05, 0) is 31.2 Å². The van der Waals surface area contributed by atoms with Gasteiger partial charge in [0.2, 0.25) is 0 Å². The summed E-state index contributed by atoms with van der Waals surface area (Å²) in [7, 11) is 1.57. The monoisotopic (exact) mass is 283 g/mol. The number of anilines is 1. The molecule has 0 radical (unpaired) electrons. The van der Waals surface area contributed by atoms with Crippen LogP contribution in [0.2, 0.25) is 0 Å². The fourth-order valence-corrected chi connectivity index (χ4v) is 1.67. The van der Waals surface area contributed by atoms with Gasteiger partial charge in [-0.1, -0.05) is 30.3 Å². The molecule has 4 nitrogen and oxygen atoms in total. The van der Waals surface area contributed by atoms with E-state index in [-0.39, 0.29) is 5.91 Å². The molecule has 0 atom stereocenters. The average Bonchev–Trinajstić information content (AvgIpc) is 2.53. The summed E-state index contributed by atoms with van der Waals surface area (Å²) in [5.74, 6) is 0.966. The molecule has 21 heavy (non-hydrogen) atoms. The van der Waals surface area contributed by atoms with Gasteiger partial charge in [0.25, 0.3) is 5.91 Å². The number of hydrogen-bond acceptors (Lipinski definition) is 3. The fourth-order valence-electron chi connectivity index (χ4n) is 1.67. The average molecular weight is 283 g/mol. The maximum absolute atomic E-state index is 12.0.